The third-order valence-corrected chi connectivity index (χ3v) is 10.8. The smallest absolute Gasteiger partial charge is 0.408 e. The monoisotopic (exact) mass is 1030 g/mol. The van der Waals surface area contributed by atoms with Gasteiger partial charge in [-0.05, 0) is 110 Å². The van der Waals surface area contributed by atoms with Gasteiger partial charge < -0.3 is 94.7 Å². The van der Waals surface area contributed by atoms with Gasteiger partial charge in [-0.25, -0.2) is 24.0 Å². The lowest BCUT2D eigenvalue weighted by Gasteiger charge is -2.50. The fraction of sp³-hybridized carbons (Fsp3) is 0.886. The highest BCUT2D eigenvalue weighted by Gasteiger charge is 2.55. The molecular weight excluding hydrogens is 951 g/mol. The first-order chi connectivity index (χ1) is 31.7. The number of hydrogen-bond donors (Lipinski definition) is 10. The normalized spacial score (nSPS) is 32.6. The average Bonchev–Trinajstić information content (AvgIpc) is 3.13. The second-order valence-corrected chi connectivity index (χ2v) is 23.9. The highest BCUT2D eigenvalue weighted by molar-refractivity contribution is 7.84. The molecule has 5 amide bonds. The van der Waals surface area contributed by atoms with Crippen LogP contribution in [-0.2, 0) is 53.4 Å². The minimum Gasteiger partial charge on any atom is -0.444 e. The van der Waals surface area contributed by atoms with E-state index in [-0.39, 0.29) is 5.75 Å². The molecule has 26 heteroatoms. The standard InChI is InChI=1S/C44H79N5O20S/c1-40(2,3)65-35(55)45-18-22-27(51)28(52)25(49-39(59)69-44(13,14)15)33(61-22)63-31-20(46-36(56)66-41(4,5)6)17-21(47-37(57)67-42(7,8)9)32(30(31)54)64-34-29(53)24(48-38(58)68-43(10,11)12)26(50)23(62-34)19-70(16)60/h20-34,50-54H,17-19H2,1-16H3,(H,45,55)(H,46,56)(H,47,57)(H,48,58)(H,49,59). The van der Waals surface area contributed by atoms with Crippen molar-refractivity contribution in [1.82, 2.24) is 26.6 Å². The average molecular weight is 1030 g/mol. The van der Waals surface area contributed by atoms with Gasteiger partial charge in [0.25, 0.3) is 0 Å². The molecule has 0 radical (unpaired) electrons. The van der Waals surface area contributed by atoms with Gasteiger partial charge in [-0.1, -0.05) is 0 Å². The molecule has 406 valence electrons. The van der Waals surface area contributed by atoms with E-state index >= 15 is 0 Å². The van der Waals surface area contributed by atoms with E-state index in [0.717, 1.165) is 0 Å². The molecule has 16 unspecified atom stereocenters. The van der Waals surface area contributed by atoms with Crippen LogP contribution in [0.3, 0.4) is 0 Å². The molecule has 25 nitrogen and oxygen atoms in total. The molecule has 0 aromatic heterocycles. The van der Waals surface area contributed by atoms with Gasteiger partial charge >= 0.3 is 30.5 Å². The van der Waals surface area contributed by atoms with Gasteiger partial charge in [0.05, 0.1) is 23.9 Å². The molecule has 1 aliphatic carbocycles. The molecule has 3 fully saturated rings. The molecule has 2 heterocycles. The fourth-order valence-electron chi connectivity index (χ4n) is 7.41. The second kappa shape index (κ2) is 23.8. The third-order valence-electron chi connectivity index (χ3n) is 9.98. The Balaban J connectivity index is 2.20. The summed E-state index contributed by atoms with van der Waals surface area (Å²) >= 11 is 0. The molecule has 2 aliphatic heterocycles. The van der Waals surface area contributed by atoms with Crippen molar-refractivity contribution >= 4 is 41.3 Å². The Bertz CT molecular complexity index is 1810. The Kier molecular flexibility index (Phi) is 20.5. The first-order valence-electron chi connectivity index (χ1n) is 23.0. The van der Waals surface area contributed by atoms with Gasteiger partial charge in [-0.15, -0.1) is 0 Å². The summed E-state index contributed by atoms with van der Waals surface area (Å²) in [5, 5.41) is 71.2. The van der Waals surface area contributed by atoms with Crippen molar-refractivity contribution in [3.63, 3.8) is 0 Å². The van der Waals surface area contributed by atoms with E-state index in [2.05, 4.69) is 26.6 Å². The van der Waals surface area contributed by atoms with Crippen molar-refractivity contribution in [3.8, 4) is 0 Å². The van der Waals surface area contributed by atoms with Gasteiger partial charge in [-0.3, -0.25) is 4.21 Å². The van der Waals surface area contributed by atoms with Gasteiger partial charge in [0.15, 0.2) is 12.6 Å². The van der Waals surface area contributed by atoms with Crippen LogP contribution >= 0.6 is 0 Å². The summed E-state index contributed by atoms with van der Waals surface area (Å²) < 4.78 is 64.6. The minimum absolute atomic E-state index is 0.330. The number of carbonyl (C=O) groups excluding carboxylic acids is 5. The van der Waals surface area contributed by atoms with E-state index in [4.69, 9.17) is 42.6 Å². The topological polar surface area (TPSA) is 347 Å². The molecule has 2 saturated heterocycles. The summed E-state index contributed by atoms with van der Waals surface area (Å²) in [6.45, 7) is 23.4. The quantitative estimate of drug-likeness (QED) is 0.121. The summed E-state index contributed by atoms with van der Waals surface area (Å²) in [6.07, 6.45) is -23.7. The Morgan fingerprint density at radius 3 is 1.27 bits per heavy atom. The Hall–Kier alpha value is -3.86. The minimum atomic E-state index is -2.06. The number of hydrogen-bond acceptors (Lipinski definition) is 20. The van der Waals surface area contributed by atoms with Crippen molar-refractivity contribution < 1.29 is 96.3 Å². The van der Waals surface area contributed by atoms with Crippen LogP contribution in [0.1, 0.15) is 110 Å². The highest BCUT2D eigenvalue weighted by atomic mass is 32.2. The lowest BCUT2D eigenvalue weighted by molar-refractivity contribution is -0.319. The maximum absolute atomic E-state index is 13.5. The van der Waals surface area contributed by atoms with E-state index < -0.39 is 174 Å². The summed E-state index contributed by atoms with van der Waals surface area (Å²) in [5.41, 5.74) is -5.10. The number of nitrogens with one attached hydrogen (secondary N) is 5. The van der Waals surface area contributed by atoms with Crippen LogP contribution < -0.4 is 26.6 Å². The highest BCUT2D eigenvalue weighted by Crippen LogP contribution is 2.34. The van der Waals surface area contributed by atoms with Gasteiger partial charge in [0.1, 0.15) is 89.0 Å². The summed E-state index contributed by atoms with van der Waals surface area (Å²) in [7, 11) is -1.63. The number of ether oxygens (including phenoxy) is 9. The lowest BCUT2D eigenvalue weighted by atomic mass is 9.83. The zero-order chi connectivity index (χ0) is 53.6. The molecule has 0 spiro atoms. The first-order valence-corrected chi connectivity index (χ1v) is 24.7. The van der Waals surface area contributed by atoms with Gasteiger partial charge in [0.2, 0.25) is 0 Å². The first kappa shape index (κ1) is 60.4. The Morgan fingerprint density at radius 2 is 0.857 bits per heavy atom. The maximum atomic E-state index is 13.5. The Morgan fingerprint density at radius 1 is 0.486 bits per heavy atom. The molecule has 16 atom stereocenters. The summed E-state index contributed by atoms with van der Waals surface area (Å²) in [4.78, 5) is 66.0. The van der Waals surface area contributed by atoms with Crippen molar-refractivity contribution in [2.24, 2.45) is 0 Å². The molecular formula is C44H79N5O20S. The van der Waals surface area contributed by atoms with E-state index in [0.29, 0.717) is 0 Å². The van der Waals surface area contributed by atoms with Gasteiger partial charge in [0, 0.05) is 23.6 Å². The molecule has 0 bridgehead atoms. The van der Waals surface area contributed by atoms with E-state index in [1.807, 2.05) is 0 Å². The lowest BCUT2D eigenvalue weighted by Crippen LogP contribution is -2.71. The Labute approximate surface area is 411 Å². The molecule has 10 N–H and O–H groups in total. The van der Waals surface area contributed by atoms with Crippen LogP contribution in [-0.4, -0.2) is 198 Å². The number of alkyl carbamates (subject to hydrolysis) is 5. The van der Waals surface area contributed by atoms with Crippen molar-refractivity contribution in [1.29, 1.82) is 0 Å². The van der Waals surface area contributed by atoms with Crippen LogP contribution in [0.2, 0.25) is 0 Å². The molecule has 0 aromatic carbocycles. The predicted molar refractivity (Wildman–Crippen MR) is 248 cm³/mol. The van der Waals surface area contributed by atoms with E-state index in [1.54, 1.807) is 104 Å². The summed E-state index contributed by atoms with van der Waals surface area (Å²) in [5.74, 6) is -0.330. The van der Waals surface area contributed by atoms with Crippen LogP contribution in [0.25, 0.3) is 0 Å². The van der Waals surface area contributed by atoms with Crippen LogP contribution in [0.15, 0.2) is 0 Å². The molecule has 3 aliphatic rings. The van der Waals surface area contributed by atoms with Gasteiger partial charge in [-0.2, -0.15) is 0 Å². The second-order valence-electron chi connectivity index (χ2n) is 22.4. The van der Waals surface area contributed by atoms with Crippen molar-refractivity contribution in [2.45, 2.75) is 230 Å². The predicted octanol–water partition coefficient (Wildman–Crippen LogP) is 0.891. The largest absolute Gasteiger partial charge is 0.444 e. The van der Waals surface area contributed by atoms with E-state index in [9.17, 15) is 53.7 Å². The summed E-state index contributed by atoms with van der Waals surface area (Å²) in [6, 6.07) is -6.07. The third kappa shape index (κ3) is 19.6. The zero-order valence-electron chi connectivity index (χ0n) is 43.0. The number of amides is 5. The van der Waals surface area contributed by atoms with Crippen LogP contribution in [0.5, 0.6) is 0 Å². The van der Waals surface area contributed by atoms with Crippen molar-refractivity contribution in [2.75, 3.05) is 18.6 Å². The number of aliphatic hydroxyl groups excluding tert-OH is 5. The van der Waals surface area contributed by atoms with E-state index in [1.165, 1.54) is 6.26 Å². The number of carbonyl (C=O) groups is 5. The zero-order valence-corrected chi connectivity index (χ0v) is 43.9. The number of aliphatic hydroxyl groups is 5. The number of rotatable bonds is 12. The maximum Gasteiger partial charge on any atom is 0.408 e. The fourth-order valence-corrected chi connectivity index (χ4v) is 8.15. The van der Waals surface area contributed by atoms with Crippen LogP contribution in [0.4, 0.5) is 24.0 Å². The molecule has 0 aromatic rings. The van der Waals surface area contributed by atoms with Crippen molar-refractivity contribution in [3.05, 3.63) is 0 Å². The molecule has 1 saturated carbocycles. The molecule has 3 rings (SSSR count). The van der Waals surface area contributed by atoms with Crippen LogP contribution in [0, 0.1) is 0 Å². The SMILES string of the molecule is CS(=O)CC1OC(OC2C(NC(=O)OC(C)(C)C)CC(NC(=O)OC(C)(C)C)C(OC3OC(CNC(=O)OC(C)(C)C)C(O)C(O)C3NC(=O)OC(C)(C)C)C2O)C(O)C(NC(=O)OC(C)(C)C)C1O. The molecule has 70 heavy (non-hydrogen) atoms.